The first-order valence-electron chi connectivity index (χ1n) is 9.84. The van der Waals surface area contributed by atoms with E-state index in [-0.39, 0.29) is 5.92 Å². The first-order valence-corrected chi connectivity index (χ1v) is 9.84. The minimum absolute atomic E-state index is 0.240. The van der Waals surface area contributed by atoms with Gasteiger partial charge in [0.25, 0.3) is 0 Å². The number of carbonyl (C=O) groups is 1. The van der Waals surface area contributed by atoms with E-state index < -0.39 is 0 Å². The molecule has 132 valence electrons. The van der Waals surface area contributed by atoms with Gasteiger partial charge in [0.2, 0.25) is 5.91 Å². The fourth-order valence-electron chi connectivity index (χ4n) is 5.31. The van der Waals surface area contributed by atoms with Crippen LogP contribution >= 0.6 is 0 Å². The summed E-state index contributed by atoms with van der Waals surface area (Å²) in [5.74, 6) is 1.83. The maximum Gasteiger partial charge on any atom is 0.225 e. The van der Waals surface area contributed by atoms with Gasteiger partial charge >= 0.3 is 0 Å². The molecule has 1 amide bonds. The SMILES string of the molecule is CCCN1CCC(N(C)C(=O)C2CC3CCCC(C2)C3N)CC1. The molecule has 2 bridgehead atoms. The van der Waals surface area contributed by atoms with Crippen LogP contribution in [0.3, 0.4) is 0 Å². The van der Waals surface area contributed by atoms with E-state index in [4.69, 9.17) is 5.73 Å². The third kappa shape index (κ3) is 3.74. The quantitative estimate of drug-likeness (QED) is 0.865. The Morgan fingerprint density at radius 2 is 1.74 bits per heavy atom. The summed E-state index contributed by atoms with van der Waals surface area (Å²) in [6, 6.07) is 0.807. The Morgan fingerprint density at radius 3 is 2.30 bits per heavy atom. The van der Waals surface area contributed by atoms with Crippen LogP contribution in [0.2, 0.25) is 0 Å². The Kier molecular flexibility index (Phi) is 5.63. The summed E-state index contributed by atoms with van der Waals surface area (Å²) in [5, 5.41) is 0. The standard InChI is InChI=1S/C19H35N3O/c1-3-9-22-10-7-17(8-11-22)21(2)19(23)16-12-14-5-4-6-15(13-16)18(14)20/h14-18H,3-13,20H2,1-2H3. The van der Waals surface area contributed by atoms with E-state index >= 15 is 0 Å². The molecule has 2 aliphatic carbocycles. The molecule has 1 aliphatic heterocycles. The van der Waals surface area contributed by atoms with Crippen LogP contribution in [0, 0.1) is 17.8 Å². The van der Waals surface area contributed by atoms with E-state index in [2.05, 4.69) is 16.7 Å². The fraction of sp³-hybridized carbons (Fsp3) is 0.947. The van der Waals surface area contributed by atoms with E-state index in [1.807, 2.05) is 7.05 Å². The summed E-state index contributed by atoms with van der Waals surface area (Å²) >= 11 is 0. The molecule has 0 radical (unpaired) electrons. The van der Waals surface area contributed by atoms with Gasteiger partial charge in [0.15, 0.2) is 0 Å². The Balaban J connectivity index is 1.54. The van der Waals surface area contributed by atoms with E-state index in [1.165, 1.54) is 32.2 Å². The molecule has 3 rings (SSSR count). The fourth-order valence-corrected chi connectivity index (χ4v) is 5.31. The van der Waals surface area contributed by atoms with Gasteiger partial charge in [-0.15, -0.1) is 0 Å². The van der Waals surface area contributed by atoms with Crippen molar-refractivity contribution in [3.8, 4) is 0 Å². The number of hydrogen-bond acceptors (Lipinski definition) is 3. The van der Waals surface area contributed by atoms with E-state index in [9.17, 15) is 4.79 Å². The molecule has 4 heteroatoms. The van der Waals surface area contributed by atoms with Crippen LogP contribution < -0.4 is 5.73 Å². The summed E-state index contributed by atoms with van der Waals surface area (Å²) < 4.78 is 0. The number of rotatable bonds is 4. The number of fused-ring (bicyclic) bond motifs is 2. The van der Waals surface area contributed by atoms with Gasteiger partial charge in [-0.1, -0.05) is 13.3 Å². The lowest BCUT2D eigenvalue weighted by molar-refractivity contribution is -0.140. The molecule has 3 aliphatic rings. The van der Waals surface area contributed by atoms with Crippen molar-refractivity contribution in [2.75, 3.05) is 26.7 Å². The number of nitrogens with zero attached hydrogens (tertiary/aromatic N) is 2. The van der Waals surface area contributed by atoms with Crippen LogP contribution in [0.5, 0.6) is 0 Å². The summed E-state index contributed by atoms with van der Waals surface area (Å²) in [6.45, 7) is 5.74. The van der Waals surface area contributed by atoms with Gasteiger partial charge < -0.3 is 15.5 Å². The molecule has 2 saturated carbocycles. The summed E-state index contributed by atoms with van der Waals surface area (Å²) in [5.41, 5.74) is 6.38. The minimum atomic E-state index is 0.240. The first kappa shape index (κ1) is 17.2. The maximum absolute atomic E-state index is 13.0. The molecule has 0 aromatic carbocycles. The van der Waals surface area contributed by atoms with Crippen LogP contribution in [-0.4, -0.2) is 54.5 Å². The zero-order chi connectivity index (χ0) is 16.4. The van der Waals surface area contributed by atoms with Gasteiger partial charge in [0.05, 0.1) is 0 Å². The van der Waals surface area contributed by atoms with E-state index in [1.54, 1.807) is 0 Å². The Bertz CT molecular complexity index is 391. The highest BCUT2D eigenvalue weighted by molar-refractivity contribution is 5.79. The second-order valence-electron chi connectivity index (χ2n) is 8.22. The highest BCUT2D eigenvalue weighted by Crippen LogP contribution is 2.42. The molecule has 1 heterocycles. The second-order valence-corrected chi connectivity index (χ2v) is 8.22. The lowest BCUT2D eigenvalue weighted by Gasteiger charge is -2.45. The van der Waals surface area contributed by atoms with Gasteiger partial charge in [0.1, 0.15) is 0 Å². The predicted molar refractivity (Wildman–Crippen MR) is 94.1 cm³/mol. The molecule has 1 saturated heterocycles. The van der Waals surface area contributed by atoms with Crippen LogP contribution in [0.1, 0.15) is 58.3 Å². The van der Waals surface area contributed by atoms with Crippen molar-refractivity contribution in [1.29, 1.82) is 0 Å². The summed E-state index contributed by atoms with van der Waals surface area (Å²) in [4.78, 5) is 17.7. The Hall–Kier alpha value is -0.610. The summed E-state index contributed by atoms with van der Waals surface area (Å²) in [6.07, 6.45) is 9.37. The van der Waals surface area contributed by atoms with E-state index in [0.717, 1.165) is 38.8 Å². The third-order valence-electron chi connectivity index (χ3n) is 6.75. The van der Waals surface area contributed by atoms with Crippen molar-refractivity contribution in [1.82, 2.24) is 9.80 Å². The number of likely N-dealkylation sites (tertiary alicyclic amines) is 1. The van der Waals surface area contributed by atoms with Crippen molar-refractivity contribution < 1.29 is 4.79 Å². The van der Waals surface area contributed by atoms with Crippen LogP contribution in [0.4, 0.5) is 0 Å². The Morgan fingerprint density at radius 1 is 1.13 bits per heavy atom. The average molecular weight is 322 g/mol. The van der Waals surface area contributed by atoms with Crippen molar-refractivity contribution in [3.63, 3.8) is 0 Å². The van der Waals surface area contributed by atoms with Crippen molar-refractivity contribution in [2.24, 2.45) is 23.5 Å². The molecule has 3 fully saturated rings. The zero-order valence-electron chi connectivity index (χ0n) is 15.0. The van der Waals surface area contributed by atoms with Gasteiger partial charge in [-0.3, -0.25) is 4.79 Å². The lowest BCUT2D eigenvalue weighted by Crippen LogP contribution is -2.52. The summed E-state index contributed by atoms with van der Waals surface area (Å²) in [7, 11) is 2.05. The molecular weight excluding hydrogens is 286 g/mol. The van der Waals surface area contributed by atoms with Crippen molar-refractivity contribution in [3.05, 3.63) is 0 Å². The zero-order valence-corrected chi connectivity index (χ0v) is 15.0. The number of amides is 1. The largest absolute Gasteiger partial charge is 0.342 e. The first-order chi connectivity index (χ1) is 11.1. The predicted octanol–water partition coefficient (Wildman–Crippen LogP) is 2.47. The Labute approximate surface area is 141 Å². The molecule has 0 spiro atoms. The van der Waals surface area contributed by atoms with Crippen LogP contribution in [-0.2, 0) is 4.79 Å². The molecule has 23 heavy (non-hydrogen) atoms. The van der Waals surface area contributed by atoms with Gasteiger partial charge in [0, 0.05) is 38.1 Å². The number of nitrogens with two attached hydrogens (primary N) is 1. The number of hydrogen-bond donors (Lipinski definition) is 1. The molecule has 2 atom stereocenters. The highest BCUT2D eigenvalue weighted by Gasteiger charge is 2.42. The molecule has 2 N–H and O–H groups in total. The number of piperidine rings is 1. The second kappa shape index (κ2) is 7.52. The minimum Gasteiger partial charge on any atom is -0.342 e. The third-order valence-corrected chi connectivity index (χ3v) is 6.75. The average Bonchev–Trinajstić information content (AvgIpc) is 2.54. The molecule has 0 aromatic rings. The van der Waals surface area contributed by atoms with Gasteiger partial charge in [-0.05, 0) is 63.3 Å². The highest BCUT2D eigenvalue weighted by atomic mass is 16.2. The molecule has 2 unspecified atom stereocenters. The van der Waals surface area contributed by atoms with Crippen LogP contribution in [0.25, 0.3) is 0 Å². The van der Waals surface area contributed by atoms with Crippen LogP contribution in [0.15, 0.2) is 0 Å². The monoisotopic (exact) mass is 321 g/mol. The number of carbonyl (C=O) groups excluding carboxylic acids is 1. The van der Waals surface area contributed by atoms with Crippen molar-refractivity contribution in [2.45, 2.75) is 70.4 Å². The van der Waals surface area contributed by atoms with Crippen molar-refractivity contribution >= 4 is 5.91 Å². The molecule has 4 nitrogen and oxygen atoms in total. The molecule has 0 aromatic heterocycles. The maximum atomic E-state index is 13.0. The molecular formula is C19H35N3O. The lowest BCUT2D eigenvalue weighted by atomic mass is 9.65. The van der Waals surface area contributed by atoms with Gasteiger partial charge in [-0.2, -0.15) is 0 Å². The topological polar surface area (TPSA) is 49.6 Å². The van der Waals surface area contributed by atoms with E-state index in [0.29, 0.717) is 29.8 Å². The smallest absolute Gasteiger partial charge is 0.225 e. The van der Waals surface area contributed by atoms with Gasteiger partial charge in [-0.25, -0.2) is 0 Å². The normalized spacial score (nSPS) is 36.0.